The van der Waals surface area contributed by atoms with Crippen molar-refractivity contribution in [3.63, 3.8) is 0 Å². The molecule has 0 saturated heterocycles. The van der Waals surface area contributed by atoms with Crippen LogP contribution in [0.25, 0.3) is 44.3 Å². The first-order valence-corrected chi connectivity index (χ1v) is 18.2. The second-order valence-corrected chi connectivity index (χ2v) is 14.1. The molecule has 0 bridgehead atoms. The zero-order valence-corrected chi connectivity index (χ0v) is 32.3. The summed E-state index contributed by atoms with van der Waals surface area (Å²) in [6.45, 7) is 12.8. The minimum Gasteiger partial charge on any atom is -0.368 e. The fourth-order valence-corrected chi connectivity index (χ4v) is 6.11. The number of aromatic nitrogens is 8. The lowest BCUT2D eigenvalue weighted by Gasteiger charge is -2.08. The third-order valence-electron chi connectivity index (χ3n) is 8.59. The van der Waals surface area contributed by atoms with Crippen LogP contribution in [-0.2, 0) is 0 Å². The van der Waals surface area contributed by atoms with Crippen LogP contribution in [-0.4, -0.2) is 39.0 Å². The molecule has 8 rings (SSSR count). The Morgan fingerprint density at radius 3 is 1.58 bits per heavy atom. The molecule has 0 aliphatic rings. The molecule has 6 aromatic heterocycles. The first kappa shape index (κ1) is 36.8. The summed E-state index contributed by atoms with van der Waals surface area (Å²) in [6.07, 6.45) is 15.1. The average Bonchev–Trinajstić information content (AvgIpc) is 3.75. The molecule has 8 aromatic rings. The van der Waals surface area contributed by atoms with Crippen LogP contribution >= 0.6 is 15.9 Å². The number of nitrogens with two attached hydrogens (primary N) is 1. The van der Waals surface area contributed by atoms with E-state index in [1.165, 1.54) is 11.1 Å². The lowest BCUT2D eigenvalue weighted by atomic mass is 10.1. The van der Waals surface area contributed by atoms with Gasteiger partial charge in [0.15, 0.2) is 0 Å². The summed E-state index contributed by atoms with van der Waals surface area (Å²) in [7, 11) is 0. The Kier molecular flexibility index (Phi) is 11.5. The van der Waals surface area contributed by atoms with Gasteiger partial charge < -0.3 is 20.2 Å². The van der Waals surface area contributed by atoms with Gasteiger partial charge >= 0.3 is 0 Å². The van der Waals surface area contributed by atoms with Gasteiger partial charge in [0.2, 0.25) is 11.9 Å². The van der Waals surface area contributed by atoms with Crippen molar-refractivity contribution in [2.75, 3.05) is 11.1 Å². The van der Waals surface area contributed by atoms with Gasteiger partial charge in [0, 0.05) is 81.3 Å². The van der Waals surface area contributed by atoms with Crippen LogP contribution in [0.15, 0.2) is 127 Å². The fraction of sp³-hybridized carbons (Fsp3) is 0.190. The predicted molar refractivity (Wildman–Crippen MR) is 220 cm³/mol. The van der Waals surface area contributed by atoms with Crippen molar-refractivity contribution < 1.29 is 0 Å². The van der Waals surface area contributed by atoms with E-state index in [9.17, 15) is 0 Å². The predicted octanol–water partition coefficient (Wildman–Crippen LogP) is 10.5. The van der Waals surface area contributed by atoms with E-state index in [-0.39, 0.29) is 5.95 Å². The van der Waals surface area contributed by atoms with Crippen LogP contribution in [0, 0.1) is 13.8 Å². The van der Waals surface area contributed by atoms with Gasteiger partial charge in [-0.2, -0.15) is 0 Å². The third-order valence-corrected chi connectivity index (χ3v) is 9.11. The molecular formula is C42H43BrN10. The molecule has 53 heavy (non-hydrogen) atoms. The summed E-state index contributed by atoms with van der Waals surface area (Å²) >= 11 is 3.35. The van der Waals surface area contributed by atoms with E-state index in [1.54, 1.807) is 18.6 Å². The Morgan fingerprint density at radius 2 is 1.09 bits per heavy atom. The molecule has 0 fully saturated rings. The molecule has 0 radical (unpaired) electrons. The van der Waals surface area contributed by atoms with Crippen LogP contribution in [0.2, 0.25) is 0 Å². The Morgan fingerprint density at radius 1 is 0.604 bits per heavy atom. The molecule has 0 amide bonds. The highest BCUT2D eigenvalue weighted by atomic mass is 79.9. The Balaban J connectivity index is 0.000000155. The normalized spacial score (nSPS) is 11.0. The smallest absolute Gasteiger partial charge is 0.227 e. The number of benzene rings is 2. The quantitative estimate of drug-likeness (QED) is 0.171. The maximum atomic E-state index is 5.67. The molecular weight excluding hydrogens is 724 g/mol. The summed E-state index contributed by atoms with van der Waals surface area (Å²) in [5.74, 6) is 0.878. The van der Waals surface area contributed by atoms with Crippen LogP contribution in [0.3, 0.4) is 0 Å². The summed E-state index contributed by atoms with van der Waals surface area (Å²) in [5, 5.41) is 5.55. The molecule has 268 valence electrons. The largest absolute Gasteiger partial charge is 0.368 e. The molecule has 0 saturated carbocycles. The summed E-state index contributed by atoms with van der Waals surface area (Å²) < 4.78 is 5.56. The van der Waals surface area contributed by atoms with E-state index in [0.29, 0.717) is 18.0 Å². The monoisotopic (exact) mass is 766 g/mol. The van der Waals surface area contributed by atoms with E-state index in [1.807, 2.05) is 67.1 Å². The standard InChI is InChI=1S/C21H21N5.C14H15N5.C7H7Br/c1-14(2)26-13-18(17-8-10-22-12-20(17)26)19-9-11-23-21(25-19)24-16-6-4-15(3)5-7-16;1-9(2)19-8-11(10-3-5-16-7-13(10)19)12-4-6-17-14(15)18-12;1-6-2-4-7(8)5-3-6/h4-14H,1-3H3,(H,23,24,25);3-9H,1-2H3,(H2,15,17,18);2-5H,1H3. The fourth-order valence-electron chi connectivity index (χ4n) is 5.85. The lowest BCUT2D eigenvalue weighted by molar-refractivity contribution is 0.622. The topological polar surface area (TPSA) is 125 Å². The first-order valence-electron chi connectivity index (χ1n) is 17.4. The number of pyridine rings is 2. The maximum Gasteiger partial charge on any atom is 0.227 e. The summed E-state index contributed by atoms with van der Waals surface area (Å²) in [6, 6.07) is 25.0. The lowest BCUT2D eigenvalue weighted by Crippen LogP contribution is -1.98. The molecule has 0 spiro atoms. The molecule has 0 aliphatic carbocycles. The van der Waals surface area contributed by atoms with Crippen molar-refractivity contribution in [2.45, 2.75) is 53.6 Å². The molecule has 3 N–H and O–H groups in total. The highest BCUT2D eigenvalue weighted by molar-refractivity contribution is 9.10. The number of nitrogens with one attached hydrogen (secondary N) is 1. The van der Waals surface area contributed by atoms with Gasteiger partial charge in [-0.15, -0.1) is 0 Å². The number of aryl methyl sites for hydroxylation is 2. The van der Waals surface area contributed by atoms with E-state index < -0.39 is 0 Å². The SMILES string of the molecule is CC(C)n1cc(-c2ccnc(N)n2)c2ccncc21.Cc1ccc(Br)cc1.Cc1ccc(Nc2nccc(-c3cn(C(C)C)c4cnccc34)n2)cc1. The minimum atomic E-state index is 0.289. The number of hydrogen-bond acceptors (Lipinski definition) is 8. The molecule has 0 atom stereocenters. The molecule has 2 aromatic carbocycles. The van der Waals surface area contributed by atoms with Gasteiger partial charge in [0.25, 0.3) is 0 Å². The highest BCUT2D eigenvalue weighted by Crippen LogP contribution is 2.32. The maximum absolute atomic E-state index is 5.67. The second-order valence-electron chi connectivity index (χ2n) is 13.2. The van der Waals surface area contributed by atoms with Crippen LogP contribution < -0.4 is 11.1 Å². The van der Waals surface area contributed by atoms with Crippen LogP contribution in [0.5, 0.6) is 0 Å². The highest BCUT2D eigenvalue weighted by Gasteiger charge is 2.15. The van der Waals surface area contributed by atoms with Crippen molar-refractivity contribution in [3.8, 4) is 22.5 Å². The molecule has 0 unspecified atom stereocenters. The molecule has 11 heteroatoms. The van der Waals surface area contributed by atoms with E-state index in [2.05, 4.69) is 134 Å². The zero-order chi connectivity index (χ0) is 37.5. The molecule has 6 heterocycles. The van der Waals surface area contributed by atoms with E-state index in [4.69, 9.17) is 10.7 Å². The Hall–Kier alpha value is -5.94. The Bertz CT molecular complexity index is 2410. The zero-order valence-electron chi connectivity index (χ0n) is 30.7. The number of nitrogen functional groups attached to an aromatic ring is 1. The number of hydrogen-bond donors (Lipinski definition) is 2. The van der Waals surface area contributed by atoms with Gasteiger partial charge in [0.05, 0.1) is 34.8 Å². The third kappa shape index (κ3) is 8.93. The van der Waals surface area contributed by atoms with E-state index in [0.717, 1.165) is 54.5 Å². The van der Waals surface area contributed by atoms with Crippen molar-refractivity contribution >= 4 is 55.3 Å². The average molecular weight is 768 g/mol. The van der Waals surface area contributed by atoms with E-state index >= 15 is 0 Å². The van der Waals surface area contributed by atoms with Gasteiger partial charge in [-0.3, -0.25) is 9.97 Å². The number of halogens is 1. The number of anilines is 3. The van der Waals surface area contributed by atoms with Gasteiger partial charge in [-0.1, -0.05) is 51.3 Å². The Labute approximate surface area is 318 Å². The van der Waals surface area contributed by atoms with Crippen LogP contribution in [0.1, 0.15) is 50.9 Å². The van der Waals surface area contributed by atoms with Gasteiger partial charge in [-0.05, 0) is 90.1 Å². The minimum absolute atomic E-state index is 0.289. The summed E-state index contributed by atoms with van der Waals surface area (Å²) in [5.41, 5.74) is 15.3. The van der Waals surface area contributed by atoms with Crippen LogP contribution in [0.4, 0.5) is 17.6 Å². The van der Waals surface area contributed by atoms with Gasteiger partial charge in [0.1, 0.15) is 0 Å². The van der Waals surface area contributed by atoms with Crippen molar-refractivity contribution in [1.29, 1.82) is 0 Å². The first-order chi connectivity index (χ1) is 25.6. The van der Waals surface area contributed by atoms with Crippen molar-refractivity contribution in [3.05, 3.63) is 138 Å². The molecule has 0 aliphatic heterocycles. The second kappa shape index (κ2) is 16.6. The number of nitrogens with zero attached hydrogens (tertiary/aromatic N) is 8. The summed E-state index contributed by atoms with van der Waals surface area (Å²) in [4.78, 5) is 25.8. The van der Waals surface area contributed by atoms with Crippen molar-refractivity contribution in [1.82, 2.24) is 39.0 Å². The van der Waals surface area contributed by atoms with Gasteiger partial charge in [-0.25, -0.2) is 19.9 Å². The number of fused-ring (bicyclic) bond motifs is 2. The van der Waals surface area contributed by atoms with Crippen molar-refractivity contribution in [2.24, 2.45) is 0 Å². The molecule has 10 nitrogen and oxygen atoms in total. The number of rotatable bonds is 6.